The van der Waals surface area contributed by atoms with Crippen molar-refractivity contribution in [1.29, 1.82) is 0 Å². The minimum atomic E-state index is -0.479. The van der Waals surface area contributed by atoms with Crippen molar-refractivity contribution in [3.8, 4) is 11.5 Å². The zero-order chi connectivity index (χ0) is 20.2. The molecule has 2 aromatic carbocycles. The highest BCUT2D eigenvalue weighted by molar-refractivity contribution is 6.04. The molecule has 2 N–H and O–H groups in total. The molecule has 0 atom stereocenters. The molecule has 0 aliphatic carbocycles. The Balaban J connectivity index is 1.43. The van der Waals surface area contributed by atoms with Crippen molar-refractivity contribution >= 4 is 17.5 Å². The molecule has 0 unspecified atom stereocenters. The third-order valence-corrected chi connectivity index (χ3v) is 4.28. The molecule has 4 rings (SSSR count). The molecule has 0 saturated carbocycles. The van der Waals surface area contributed by atoms with Crippen molar-refractivity contribution in [3.05, 3.63) is 83.4 Å². The van der Waals surface area contributed by atoms with Crippen molar-refractivity contribution in [1.82, 2.24) is 10.3 Å². The van der Waals surface area contributed by atoms with Gasteiger partial charge in [-0.15, -0.1) is 0 Å². The standard InChI is InChI=1S/C21H16FN3O4/c22-16-4-2-1-3-14(16)11-24-20(26)13-7-8-23-17(9-13)21(27)25-15-5-6-18-19(10-15)29-12-28-18/h1-10H,11-12H2,(H,24,26)(H,25,27). The Morgan fingerprint density at radius 1 is 1.00 bits per heavy atom. The third kappa shape index (κ3) is 4.16. The lowest BCUT2D eigenvalue weighted by Gasteiger charge is -2.08. The molecule has 0 saturated heterocycles. The molecule has 2 heterocycles. The highest BCUT2D eigenvalue weighted by Gasteiger charge is 2.16. The number of anilines is 1. The first-order valence-corrected chi connectivity index (χ1v) is 8.79. The van der Waals surface area contributed by atoms with Gasteiger partial charge in [-0.3, -0.25) is 14.6 Å². The Kier molecular flexibility index (Phi) is 5.07. The van der Waals surface area contributed by atoms with Crippen molar-refractivity contribution in [2.75, 3.05) is 12.1 Å². The first-order valence-electron chi connectivity index (χ1n) is 8.79. The maximum Gasteiger partial charge on any atom is 0.274 e. The Labute approximate surface area is 165 Å². The van der Waals surface area contributed by atoms with Gasteiger partial charge in [0.15, 0.2) is 11.5 Å². The van der Waals surface area contributed by atoms with Crippen LogP contribution in [0.25, 0.3) is 0 Å². The van der Waals surface area contributed by atoms with Crippen molar-refractivity contribution in [2.24, 2.45) is 0 Å². The van der Waals surface area contributed by atoms with Gasteiger partial charge in [0, 0.05) is 35.6 Å². The molecule has 29 heavy (non-hydrogen) atoms. The van der Waals surface area contributed by atoms with Crippen LogP contribution >= 0.6 is 0 Å². The molecule has 1 aliphatic rings. The van der Waals surface area contributed by atoms with Gasteiger partial charge >= 0.3 is 0 Å². The molecule has 3 aromatic rings. The van der Waals surface area contributed by atoms with Crippen molar-refractivity contribution < 1.29 is 23.5 Å². The number of nitrogens with one attached hydrogen (secondary N) is 2. The molecule has 0 spiro atoms. The van der Waals surface area contributed by atoms with E-state index in [-0.39, 0.29) is 24.6 Å². The van der Waals surface area contributed by atoms with Crippen LogP contribution in [0.1, 0.15) is 26.4 Å². The molecular weight excluding hydrogens is 377 g/mol. The topological polar surface area (TPSA) is 89.6 Å². The van der Waals surface area contributed by atoms with Crippen molar-refractivity contribution in [2.45, 2.75) is 6.54 Å². The maximum absolute atomic E-state index is 13.7. The predicted molar refractivity (Wildman–Crippen MR) is 102 cm³/mol. The van der Waals surface area contributed by atoms with Gasteiger partial charge < -0.3 is 20.1 Å². The first kappa shape index (κ1) is 18.4. The number of fused-ring (bicyclic) bond motifs is 1. The van der Waals surface area contributed by atoms with E-state index in [2.05, 4.69) is 15.6 Å². The van der Waals surface area contributed by atoms with Gasteiger partial charge in [-0.05, 0) is 30.3 Å². The molecule has 0 bridgehead atoms. The van der Waals surface area contributed by atoms with E-state index in [1.807, 2.05) is 0 Å². The summed E-state index contributed by atoms with van der Waals surface area (Å²) in [6.45, 7) is 0.172. The number of pyridine rings is 1. The number of rotatable bonds is 5. The zero-order valence-electron chi connectivity index (χ0n) is 15.1. The van der Waals surface area contributed by atoms with Gasteiger partial charge in [0.25, 0.3) is 11.8 Å². The highest BCUT2D eigenvalue weighted by Crippen LogP contribution is 2.34. The number of carbonyl (C=O) groups is 2. The van der Waals surface area contributed by atoms with Crippen LogP contribution < -0.4 is 20.1 Å². The molecule has 8 heteroatoms. The summed E-state index contributed by atoms with van der Waals surface area (Å²) in [5, 5.41) is 5.33. The number of ether oxygens (including phenoxy) is 2. The second-order valence-corrected chi connectivity index (χ2v) is 6.23. The summed E-state index contributed by atoms with van der Waals surface area (Å²) in [6.07, 6.45) is 1.37. The van der Waals surface area contributed by atoms with Crippen LogP contribution in [0.5, 0.6) is 11.5 Å². The largest absolute Gasteiger partial charge is 0.454 e. The van der Waals surface area contributed by atoms with Gasteiger partial charge in [-0.2, -0.15) is 0 Å². The van der Waals surface area contributed by atoms with Crippen LogP contribution in [0.2, 0.25) is 0 Å². The number of hydrogen-bond acceptors (Lipinski definition) is 5. The van der Waals surface area contributed by atoms with Crippen LogP contribution in [-0.4, -0.2) is 23.6 Å². The van der Waals surface area contributed by atoms with E-state index >= 15 is 0 Å². The molecule has 7 nitrogen and oxygen atoms in total. The lowest BCUT2D eigenvalue weighted by molar-refractivity contribution is 0.0950. The fraction of sp³-hybridized carbons (Fsp3) is 0.0952. The fourth-order valence-electron chi connectivity index (χ4n) is 2.78. The third-order valence-electron chi connectivity index (χ3n) is 4.28. The summed E-state index contributed by atoms with van der Waals surface area (Å²) >= 11 is 0. The van der Waals surface area contributed by atoms with E-state index in [9.17, 15) is 14.0 Å². The number of aromatic nitrogens is 1. The van der Waals surface area contributed by atoms with Gasteiger partial charge in [0.2, 0.25) is 6.79 Å². The summed E-state index contributed by atoms with van der Waals surface area (Å²) in [5.41, 5.74) is 1.19. The number of nitrogens with zero attached hydrogens (tertiary/aromatic N) is 1. The Morgan fingerprint density at radius 3 is 2.69 bits per heavy atom. The summed E-state index contributed by atoms with van der Waals surface area (Å²) in [6, 6.07) is 14.1. The molecule has 146 valence electrons. The molecule has 0 fully saturated rings. The summed E-state index contributed by atoms with van der Waals surface area (Å²) in [5.74, 6) is -0.168. The number of benzene rings is 2. The van der Waals surface area contributed by atoms with Crippen LogP contribution in [0.15, 0.2) is 60.8 Å². The Morgan fingerprint density at radius 2 is 1.83 bits per heavy atom. The molecule has 0 radical (unpaired) electrons. The molecule has 2 amide bonds. The van der Waals surface area contributed by atoms with E-state index < -0.39 is 17.6 Å². The van der Waals surface area contributed by atoms with E-state index in [1.54, 1.807) is 36.4 Å². The molecule has 1 aliphatic heterocycles. The monoisotopic (exact) mass is 393 g/mol. The first-order chi connectivity index (χ1) is 14.1. The lowest BCUT2D eigenvalue weighted by Crippen LogP contribution is -2.24. The zero-order valence-corrected chi connectivity index (χ0v) is 15.1. The minimum Gasteiger partial charge on any atom is -0.454 e. The lowest BCUT2D eigenvalue weighted by atomic mass is 10.1. The van der Waals surface area contributed by atoms with E-state index in [1.165, 1.54) is 24.4 Å². The second-order valence-electron chi connectivity index (χ2n) is 6.23. The van der Waals surface area contributed by atoms with E-state index in [0.717, 1.165) is 0 Å². The summed E-state index contributed by atoms with van der Waals surface area (Å²) < 4.78 is 24.2. The predicted octanol–water partition coefficient (Wildman–Crippen LogP) is 3.13. The maximum atomic E-state index is 13.7. The second kappa shape index (κ2) is 7.97. The number of halogens is 1. The van der Waals surface area contributed by atoms with Gasteiger partial charge in [0.1, 0.15) is 11.5 Å². The van der Waals surface area contributed by atoms with Gasteiger partial charge in [0.05, 0.1) is 0 Å². The van der Waals surface area contributed by atoms with Crippen LogP contribution in [0.3, 0.4) is 0 Å². The Hall–Kier alpha value is -3.94. The number of carbonyl (C=O) groups excluding carboxylic acids is 2. The van der Waals surface area contributed by atoms with Crippen LogP contribution in [-0.2, 0) is 6.54 Å². The van der Waals surface area contributed by atoms with Crippen LogP contribution in [0, 0.1) is 5.82 Å². The number of hydrogen-bond donors (Lipinski definition) is 2. The summed E-state index contributed by atoms with van der Waals surface area (Å²) in [4.78, 5) is 28.9. The van der Waals surface area contributed by atoms with Crippen LogP contribution in [0.4, 0.5) is 10.1 Å². The summed E-state index contributed by atoms with van der Waals surface area (Å²) in [7, 11) is 0. The van der Waals surface area contributed by atoms with Crippen molar-refractivity contribution in [3.63, 3.8) is 0 Å². The quantitative estimate of drug-likeness (QED) is 0.695. The SMILES string of the molecule is O=C(NCc1ccccc1F)c1ccnc(C(=O)Nc2ccc3c(c2)OCO3)c1. The minimum absolute atomic E-state index is 0.0343. The smallest absolute Gasteiger partial charge is 0.274 e. The van der Waals surface area contributed by atoms with E-state index in [4.69, 9.17) is 9.47 Å². The average molecular weight is 393 g/mol. The number of amides is 2. The molecule has 1 aromatic heterocycles. The van der Waals surface area contributed by atoms with Gasteiger partial charge in [-0.25, -0.2) is 4.39 Å². The Bertz CT molecular complexity index is 1090. The van der Waals surface area contributed by atoms with Gasteiger partial charge in [-0.1, -0.05) is 18.2 Å². The molecular formula is C21H16FN3O4. The fourth-order valence-corrected chi connectivity index (χ4v) is 2.78. The highest BCUT2D eigenvalue weighted by atomic mass is 19.1. The van der Waals surface area contributed by atoms with E-state index in [0.29, 0.717) is 22.7 Å². The normalized spacial score (nSPS) is 11.8. The average Bonchev–Trinajstić information content (AvgIpc) is 3.21.